The summed E-state index contributed by atoms with van der Waals surface area (Å²) in [6.07, 6.45) is -2.96. The molecule has 0 atom stereocenters. The SMILES string of the molecule is C=Cc1ccc(SCC)c(-c2nc3cc(C(F)(F)F)nnc3n2C)n1. The second-order valence-corrected chi connectivity index (χ2v) is 6.46. The minimum Gasteiger partial charge on any atom is -0.309 e. The summed E-state index contributed by atoms with van der Waals surface area (Å²) >= 11 is 1.58. The number of halogens is 3. The lowest BCUT2D eigenvalue weighted by Crippen LogP contribution is -2.09. The van der Waals surface area contributed by atoms with E-state index in [0.29, 0.717) is 17.2 Å². The molecule has 0 aliphatic rings. The van der Waals surface area contributed by atoms with Crippen LogP contribution in [0.15, 0.2) is 29.7 Å². The van der Waals surface area contributed by atoms with Crippen LogP contribution in [0.5, 0.6) is 0 Å². The van der Waals surface area contributed by atoms with Crippen LogP contribution in [0.2, 0.25) is 0 Å². The molecule has 0 radical (unpaired) electrons. The average molecular weight is 365 g/mol. The van der Waals surface area contributed by atoms with Crippen LogP contribution in [0.3, 0.4) is 0 Å². The number of rotatable bonds is 4. The largest absolute Gasteiger partial charge is 0.435 e. The van der Waals surface area contributed by atoms with Gasteiger partial charge in [-0.25, -0.2) is 9.97 Å². The maximum absolute atomic E-state index is 12.8. The molecule has 0 unspecified atom stereocenters. The summed E-state index contributed by atoms with van der Waals surface area (Å²) in [6, 6.07) is 4.63. The quantitative estimate of drug-likeness (QED) is 0.649. The maximum atomic E-state index is 12.8. The normalized spacial score (nSPS) is 11.9. The highest BCUT2D eigenvalue weighted by atomic mass is 32.2. The highest BCUT2D eigenvalue weighted by molar-refractivity contribution is 7.99. The number of fused-ring (bicyclic) bond motifs is 1. The van der Waals surface area contributed by atoms with Crippen LogP contribution in [0, 0.1) is 0 Å². The zero-order valence-electron chi connectivity index (χ0n) is 13.5. The van der Waals surface area contributed by atoms with Crippen LogP contribution >= 0.6 is 11.8 Å². The zero-order chi connectivity index (χ0) is 18.2. The van der Waals surface area contributed by atoms with Gasteiger partial charge in [0.25, 0.3) is 0 Å². The lowest BCUT2D eigenvalue weighted by Gasteiger charge is -2.08. The van der Waals surface area contributed by atoms with Gasteiger partial charge in [0.2, 0.25) is 0 Å². The first-order chi connectivity index (χ1) is 11.8. The minimum absolute atomic E-state index is 0.123. The van der Waals surface area contributed by atoms with Crippen LogP contribution in [-0.2, 0) is 13.2 Å². The number of thioether (sulfide) groups is 1. The smallest absolute Gasteiger partial charge is 0.309 e. The molecule has 0 N–H and O–H groups in total. The zero-order valence-corrected chi connectivity index (χ0v) is 14.3. The van der Waals surface area contributed by atoms with Crippen LogP contribution in [0.25, 0.3) is 28.8 Å². The van der Waals surface area contributed by atoms with Crippen LogP contribution in [-0.4, -0.2) is 30.5 Å². The summed E-state index contributed by atoms with van der Waals surface area (Å²) < 4.78 is 40.1. The van der Waals surface area contributed by atoms with Gasteiger partial charge in [-0.1, -0.05) is 13.5 Å². The van der Waals surface area contributed by atoms with Crippen molar-refractivity contribution >= 4 is 29.0 Å². The molecule has 0 bridgehead atoms. The Morgan fingerprint density at radius 2 is 2.00 bits per heavy atom. The molecule has 0 aromatic carbocycles. The van der Waals surface area contributed by atoms with Crippen LogP contribution in [0.4, 0.5) is 13.2 Å². The summed E-state index contributed by atoms with van der Waals surface area (Å²) in [6.45, 7) is 5.71. The van der Waals surface area contributed by atoms with Gasteiger partial charge in [0, 0.05) is 18.0 Å². The lowest BCUT2D eigenvalue weighted by molar-refractivity contribution is -0.141. The first kappa shape index (κ1) is 17.4. The van der Waals surface area contributed by atoms with E-state index < -0.39 is 11.9 Å². The van der Waals surface area contributed by atoms with Crippen molar-refractivity contribution in [3.8, 4) is 11.5 Å². The fourth-order valence-electron chi connectivity index (χ4n) is 2.34. The summed E-state index contributed by atoms with van der Waals surface area (Å²) in [5.74, 6) is 1.26. The molecule has 3 aromatic heterocycles. The van der Waals surface area contributed by atoms with Crippen molar-refractivity contribution < 1.29 is 13.2 Å². The van der Waals surface area contributed by atoms with Gasteiger partial charge in [0.15, 0.2) is 17.2 Å². The monoisotopic (exact) mass is 365 g/mol. The van der Waals surface area contributed by atoms with Crippen LogP contribution in [0.1, 0.15) is 18.3 Å². The summed E-state index contributed by atoms with van der Waals surface area (Å²) in [5, 5.41) is 6.95. The molecule has 5 nitrogen and oxygen atoms in total. The number of imidazole rings is 1. The van der Waals surface area contributed by atoms with Crippen molar-refractivity contribution in [1.82, 2.24) is 24.7 Å². The molecule has 130 valence electrons. The van der Waals surface area contributed by atoms with Crippen LogP contribution < -0.4 is 0 Å². The molecule has 0 aliphatic heterocycles. The molecule has 0 spiro atoms. The predicted molar refractivity (Wildman–Crippen MR) is 91.0 cm³/mol. The van der Waals surface area contributed by atoms with Crippen molar-refractivity contribution in [1.29, 1.82) is 0 Å². The Balaban J connectivity index is 2.22. The Kier molecular flexibility index (Phi) is 4.51. The number of alkyl halides is 3. The molecule has 0 saturated heterocycles. The Bertz CT molecular complexity index is 949. The lowest BCUT2D eigenvalue weighted by atomic mass is 10.3. The van der Waals surface area contributed by atoms with Gasteiger partial charge < -0.3 is 4.57 Å². The highest BCUT2D eigenvalue weighted by Gasteiger charge is 2.34. The number of nitrogens with zero attached hydrogens (tertiary/aromatic N) is 5. The van der Waals surface area contributed by atoms with E-state index in [1.165, 1.54) is 0 Å². The number of hydrogen-bond acceptors (Lipinski definition) is 5. The van der Waals surface area contributed by atoms with Gasteiger partial charge in [-0.2, -0.15) is 13.2 Å². The van der Waals surface area contributed by atoms with E-state index in [-0.39, 0.29) is 11.2 Å². The number of hydrogen-bond donors (Lipinski definition) is 0. The fraction of sp³-hybridized carbons (Fsp3) is 0.250. The van der Waals surface area contributed by atoms with E-state index in [1.807, 2.05) is 19.1 Å². The molecular weight excluding hydrogens is 351 g/mol. The van der Waals surface area contributed by atoms with Crippen molar-refractivity contribution in [2.45, 2.75) is 18.0 Å². The van der Waals surface area contributed by atoms with Crippen molar-refractivity contribution in [3.63, 3.8) is 0 Å². The van der Waals surface area contributed by atoms with E-state index in [4.69, 9.17) is 0 Å². The molecule has 3 aromatic rings. The summed E-state index contributed by atoms with van der Waals surface area (Å²) in [4.78, 5) is 9.72. The minimum atomic E-state index is -4.57. The van der Waals surface area contributed by atoms with Crippen molar-refractivity contribution in [2.75, 3.05) is 5.75 Å². The van der Waals surface area contributed by atoms with Gasteiger partial charge in [-0.05, 0) is 24.0 Å². The molecule has 25 heavy (non-hydrogen) atoms. The Labute approximate surface area is 146 Å². The Morgan fingerprint density at radius 3 is 2.64 bits per heavy atom. The van der Waals surface area contributed by atoms with Gasteiger partial charge in [-0.3, -0.25) is 0 Å². The predicted octanol–water partition coefficient (Wildman–Crippen LogP) is 4.20. The summed E-state index contributed by atoms with van der Waals surface area (Å²) in [5.41, 5.74) is 0.558. The molecular formula is C16H14F3N5S. The second-order valence-electron chi connectivity index (χ2n) is 5.15. The fourth-order valence-corrected chi connectivity index (χ4v) is 3.09. The van der Waals surface area contributed by atoms with E-state index in [2.05, 4.69) is 26.7 Å². The van der Waals surface area contributed by atoms with Crippen molar-refractivity contribution in [2.24, 2.45) is 7.05 Å². The Hall–Kier alpha value is -2.42. The molecule has 0 fully saturated rings. The van der Waals surface area contributed by atoms with E-state index in [9.17, 15) is 13.2 Å². The molecule has 9 heteroatoms. The van der Waals surface area contributed by atoms with Crippen molar-refractivity contribution in [3.05, 3.63) is 36.2 Å². The topological polar surface area (TPSA) is 56.5 Å². The van der Waals surface area contributed by atoms with E-state index >= 15 is 0 Å². The third kappa shape index (κ3) is 3.23. The van der Waals surface area contributed by atoms with Gasteiger partial charge >= 0.3 is 6.18 Å². The van der Waals surface area contributed by atoms with E-state index in [1.54, 1.807) is 29.5 Å². The number of pyridine rings is 1. The second kappa shape index (κ2) is 6.47. The summed E-state index contributed by atoms with van der Waals surface area (Å²) in [7, 11) is 1.68. The highest BCUT2D eigenvalue weighted by Crippen LogP contribution is 2.33. The average Bonchev–Trinajstić information content (AvgIpc) is 2.91. The molecule has 3 heterocycles. The van der Waals surface area contributed by atoms with Gasteiger partial charge in [0.1, 0.15) is 11.2 Å². The Morgan fingerprint density at radius 1 is 1.24 bits per heavy atom. The third-order valence-corrected chi connectivity index (χ3v) is 4.44. The van der Waals surface area contributed by atoms with Gasteiger partial charge in [-0.15, -0.1) is 22.0 Å². The van der Waals surface area contributed by atoms with Gasteiger partial charge in [0.05, 0.1) is 5.69 Å². The maximum Gasteiger partial charge on any atom is 0.435 e. The molecule has 0 aliphatic carbocycles. The first-order valence-corrected chi connectivity index (χ1v) is 8.37. The molecule has 0 saturated carbocycles. The van der Waals surface area contributed by atoms with E-state index in [0.717, 1.165) is 16.7 Å². The number of aryl methyl sites for hydroxylation is 1. The molecule has 0 amide bonds. The standard InChI is InChI=1S/C16H14F3N5S/c1-4-9-6-7-11(25-5-2)13(20-9)15-21-10-8-12(16(17,18)19)22-23-14(10)24(15)3/h4,6-8H,1,5H2,2-3H3. The molecule has 3 rings (SSSR count). The first-order valence-electron chi connectivity index (χ1n) is 7.39. The number of aromatic nitrogens is 5. The third-order valence-electron chi connectivity index (χ3n) is 3.51.